The zero-order valence-corrected chi connectivity index (χ0v) is 17.2. The molecule has 0 rings (SSSR count). The first-order chi connectivity index (χ1) is 6.00. The standard InChI is InChI=1S/Al.Gd.In.3H3O4P/c;;;3*1-5(2,3)4/h;;;3*(H3,1,2,3,4)/q3*+3;;;/p-9. The average Bonchev–Trinajstić information content (AvgIpc) is 1.41. The molecule has 0 aliphatic rings. The van der Waals surface area contributed by atoms with Crippen molar-refractivity contribution in [2.24, 2.45) is 0 Å². The SMILES string of the molecule is O=P([O-])([O-])[O-].O=P([O-])([O-])[O-].O=P([O-])([O-])[O-].[Al+3].[Gd+3].[In+3]. The van der Waals surface area contributed by atoms with Crippen molar-refractivity contribution in [2.45, 2.75) is 0 Å². The third-order valence-corrected chi connectivity index (χ3v) is 0. The maximum atomic E-state index is 8.55. The summed E-state index contributed by atoms with van der Waals surface area (Å²) in [5.41, 5.74) is 0. The number of hydrogen-bond donors (Lipinski definition) is 0. The maximum absolute atomic E-state index is 8.55. The number of rotatable bonds is 0. The average molecular weight is 584 g/mol. The van der Waals surface area contributed by atoms with Crippen LogP contribution in [0.1, 0.15) is 0 Å². The van der Waals surface area contributed by atoms with E-state index in [1.165, 1.54) is 0 Å². The van der Waals surface area contributed by atoms with Crippen LogP contribution in [-0.2, 0) is 13.7 Å². The van der Waals surface area contributed by atoms with Gasteiger partial charge in [0.15, 0.2) is 0 Å². The van der Waals surface area contributed by atoms with Gasteiger partial charge < -0.3 is 57.7 Å². The number of phosphoric acid groups is 3. The Balaban J connectivity index is -0.0000000277. The molecule has 0 aromatic heterocycles. The largest absolute Gasteiger partial charge is 3.00 e. The summed E-state index contributed by atoms with van der Waals surface area (Å²) in [5.74, 6) is 0. The molecule has 0 aliphatic carbocycles. The van der Waals surface area contributed by atoms with Gasteiger partial charge in [0.05, 0.1) is 0 Å². The van der Waals surface area contributed by atoms with Gasteiger partial charge in [-0.2, -0.15) is 23.5 Å². The molecule has 12 nitrogen and oxygen atoms in total. The van der Waals surface area contributed by atoms with Crippen LogP contribution >= 0.6 is 23.5 Å². The monoisotopic (exact) mass is 585 g/mol. The van der Waals surface area contributed by atoms with E-state index in [9.17, 15) is 0 Å². The predicted octanol–water partition coefficient (Wildman–Crippen LogP) is -9.24. The van der Waals surface area contributed by atoms with Crippen LogP contribution in [0.15, 0.2) is 0 Å². The van der Waals surface area contributed by atoms with Crippen molar-refractivity contribution in [1.29, 1.82) is 0 Å². The minimum Gasteiger partial charge on any atom is -0.822 e. The number of hydrogen-bond acceptors (Lipinski definition) is 12. The van der Waals surface area contributed by atoms with Gasteiger partial charge in [-0.25, -0.2) is 0 Å². The third-order valence-electron chi connectivity index (χ3n) is 0. The van der Waals surface area contributed by atoms with E-state index < -0.39 is 23.5 Å². The molecule has 18 heteroatoms. The Labute approximate surface area is 162 Å². The van der Waals surface area contributed by atoms with E-state index in [0.29, 0.717) is 0 Å². The van der Waals surface area contributed by atoms with Gasteiger partial charge in [0, 0.05) is 0 Å². The Morgan fingerprint density at radius 2 is 0.500 bits per heavy atom. The molecular formula is AlGdInO12P3. The minimum atomic E-state index is -5.39. The van der Waals surface area contributed by atoms with Crippen LogP contribution in [-0.4, -0.2) is 43.2 Å². The van der Waals surface area contributed by atoms with Crippen molar-refractivity contribution in [3.63, 3.8) is 0 Å². The molecule has 0 N–H and O–H groups in total. The molecule has 1 radical (unpaired) electrons. The molecule has 0 fully saturated rings. The summed E-state index contributed by atoms with van der Waals surface area (Å²) in [6.45, 7) is 0. The van der Waals surface area contributed by atoms with Gasteiger partial charge in [0.1, 0.15) is 0 Å². The topological polar surface area (TPSA) is 259 Å². The molecule has 0 unspecified atom stereocenters. The second-order valence-electron chi connectivity index (χ2n) is 1.34. The molecule has 0 saturated heterocycles. The Morgan fingerprint density at radius 3 is 0.500 bits per heavy atom. The minimum absolute atomic E-state index is 0. The van der Waals surface area contributed by atoms with Crippen LogP contribution in [0.2, 0.25) is 0 Å². The van der Waals surface area contributed by atoms with Crippen LogP contribution in [0.25, 0.3) is 0 Å². The second kappa shape index (κ2) is 16.4. The summed E-state index contributed by atoms with van der Waals surface area (Å²) >= 11 is 0. The van der Waals surface area contributed by atoms with E-state index in [1.54, 1.807) is 0 Å². The van der Waals surface area contributed by atoms with Crippen LogP contribution in [0.3, 0.4) is 0 Å². The van der Waals surface area contributed by atoms with Crippen molar-refractivity contribution in [3.05, 3.63) is 0 Å². The molecule has 0 aromatic carbocycles. The summed E-state index contributed by atoms with van der Waals surface area (Å²) in [5, 5.41) is 0. The Kier molecular flexibility index (Phi) is 34.1. The summed E-state index contributed by atoms with van der Waals surface area (Å²) in [7, 11) is -16.2. The summed E-state index contributed by atoms with van der Waals surface area (Å²) in [6, 6.07) is 0. The molecule has 0 saturated carbocycles. The second-order valence-corrected chi connectivity index (χ2v) is 4.02. The van der Waals surface area contributed by atoms with Crippen molar-refractivity contribution < 1.29 is 97.7 Å². The van der Waals surface area contributed by atoms with E-state index in [0.717, 1.165) is 0 Å². The molecule has 0 amide bonds. The van der Waals surface area contributed by atoms with Crippen LogP contribution in [0.4, 0.5) is 0 Å². The summed E-state index contributed by atoms with van der Waals surface area (Å²) in [4.78, 5) is 76.9. The fourth-order valence-electron chi connectivity index (χ4n) is 0. The van der Waals surface area contributed by atoms with Crippen LogP contribution < -0.4 is 44.0 Å². The van der Waals surface area contributed by atoms with Crippen molar-refractivity contribution in [3.8, 4) is 0 Å². The molecule has 18 heavy (non-hydrogen) atoms. The van der Waals surface area contributed by atoms with Gasteiger partial charge >= 0.3 is 83.1 Å². The van der Waals surface area contributed by atoms with E-state index in [1.807, 2.05) is 0 Å². The van der Waals surface area contributed by atoms with E-state index >= 15 is 0 Å². The van der Waals surface area contributed by atoms with E-state index in [-0.39, 0.29) is 83.1 Å². The van der Waals surface area contributed by atoms with E-state index in [2.05, 4.69) is 0 Å². The molecule has 101 valence electrons. The van der Waals surface area contributed by atoms with Gasteiger partial charge in [-0.1, -0.05) is 0 Å². The predicted molar refractivity (Wildman–Crippen MR) is 34.3 cm³/mol. The summed E-state index contributed by atoms with van der Waals surface area (Å²) in [6.07, 6.45) is 0. The van der Waals surface area contributed by atoms with Gasteiger partial charge in [-0.05, 0) is 0 Å². The quantitative estimate of drug-likeness (QED) is 0.190. The maximum Gasteiger partial charge on any atom is 3.00 e. The van der Waals surface area contributed by atoms with Gasteiger partial charge in [-0.15, -0.1) is 0 Å². The molecule has 0 atom stereocenters. The van der Waals surface area contributed by atoms with Crippen LogP contribution in [0.5, 0.6) is 0 Å². The third kappa shape index (κ3) is 665. The molecular weight excluding hydrogens is 584 g/mol. The zero-order chi connectivity index (χ0) is 13.5. The Hall–Kier alpha value is 3.06. The van der Waals surface area contributed by atoms with Crippen molar-refractivity contribution in [1.82, 2.24) is 0 Å². The smallest absolute Gasteiger partial charge is 0.822 e. The Bertz CT molecular complexity index is 213. The molecule has 0 spiro atoms. The van der Waals surface area contributed by atoms with Crippen molar-refractivity contribution in [2.75, 3.05) is 0 Å². The van der Waals surface area contributed by atoms with Gasteiger partial charge in [0.25, 0.3) is 0 Å². The fourth-order valence-corrected chi connectivity index (χ4v) is 0. The zero-order valence-electron chi connectivity index (χ0n) is 7.75. The molecule has 0 bridgehead atoms. The first-order valence-electron chi connectivity index (χ1n) is 2.19. The fraction of sp³-hybridized carbons (Fsp3) is 0. The van der Waals surface area contributed by atoms with Gasteiger partial charge in [-0.3, -0.25) is 0 Å². The molecule has 0 heterocycles. The van der Waals surface area contributed by atoms with E-state index in [4.69, 9.17) is 57.7 Å². The van der Waals surface area contributed by atoms with Crippen molar-refractivity contribution >= 4 is 66.7 Å². The van der Waals surface area contributed by atoms with Crippen LogP contribution in [0, 0.1) is 39.9 Å². The summed E-state index contributed by atoms with van der Waals surface area (Å²) < 4.78 is 25.6. The first-order valence-corrected chi connectivity index (χ1v) is 6.57. The van der Waals surface area contributed by atoms with Gasteiger partial charge in [0.2, 0.25) is 0 Å². The molecule has 0 aromatic rings. The Morgan fingerprint density at radius 1 is 0.500 bits per heavy atom. The normalized spacial score (nSPS) is 9.83. The first kappa shape index (κ1) is 37.4. The molecule has 0 aliphatic heterocycles.